The molecule has 2 N–H and O–H groups in total. The molecule has 1 amide bonds. The second-order valence-corrected chi connectivity index (χ2v) is 17.3. The molecule has 0 aliphatic heterocycles. The zero-order chi connectivity index (χ0) is 36.0. The zero-order valence-corrected chi connectivity index (χ0v) is 30.0. The van der Waals surface area contributed by atoms with Crippen LogP contribution in [0.25, 0.3) is 43.5 Å². The van der Waals surface area contributed by atoms with Gasteiger partial charge in [-0.25, -0.2) is 14.8 Å². The van der Waals surface area contributed by atoms with E-state index < -0.39 is 11.5 Å². The number of aromatic nitrogens is 5. The van der Waals surface area contributed by atoms with Crippen LogP contribution in [0, 0.1) is 28.1 Å². The van der Waals surface area contributed by atoms with Crippen LogP contribution in [-0.2, 0) is 6.54 Å². The molecule has 262 valence electrons. The van der Waals surface area contributed by atoms with Gasteiger partial charge in [-0.1, -0.05) is 48.6 Å². The van der Waals surface area contributed by atoms with Crippen LogP contribution in [0.4, 0.5) is 5.13 Å². The molecule has 12 heteroatoms. The van der Waals surface area contributed by atoms with Crippen LogP contribution >= 0.6 is 11.3 Å². The number of hydrogen-bond donors (Lipinski definition) is 2. The van der Waals surface area contributed by atoms with E-state index in [0.717, 1.165) is 54.4 Å². The second kappa shape index (κ2) is 11.3. The molecular formula is C40H37N7O4S. The number of thiazole rings is 1. The number of hydrogen-bond acceptors (Lipinski definition) is 9. The summed E-state index contributed by atoms with van der Waals surface area (Å²) < 4.78 is 2.96. The van der Waals surface area contributed by atoms with Crippen molar-refractivity contribution in [3.63, 3.8) is 0 Å². The van der Waals surface area contributed by atoms with Gasteiger partial charge in [0.1, 0.15) is 5.54 Å². The molecule has 0 spiro atoms. The summed E-state index contributed by atoms with van der Waals surface area (Å²) in [6, 6.07) is 18.4. The van der Waals surface area contributed by atoms with Crippen LogP contribution in [0.5, 0.6) is 0 Å². The lowest BCUT2D eigenvalue weighted by molar-refractivity contribution is -0.161. The van der Waals surface area contributed by atoms with Crippen molar-refractivity contribution in [2.24, 2.45) is 21.4 Å². The van der Waals surface area contributed by atoms with Gasteiger partial charge in [-0.2, -0.15) is 10.0 Å². The maximum Gasteiger partial charge on any atom is 0.355 e. The predicted molar refractivity (Wildman–Crippen MR) is 200 cm³/mol. The zero-order valence-electron chi connectivity index (χ0n) is 29.1. The third kappa shape index (κ3) is 5.30. The van der Waals surface area contributed by atoms with Gasteiger partial charge in [0.2, 0.25) is 0 Å². The molecule has 0 saturated heterocycles. The minimum Gasteiger partial charge on any atom is -0.476 e. The first kappa shape index (κ1) is 32.5. The SMILES string of the molecule is Cc1c(-c2ccc(-c3cnc4cccc(C(=O)Nc5nc6ccccc6s5)c4c3)nc2C(=O)O)cnn1CC12CC3(C)CC(C)(C1)CC(N=O)(C3)C2. The average molecular weight is 712 g/mol. The first-order valence-corrected chi connectivity index (χ1v) is 18.4. The topological polar surface area (TPSA) is 152 Å². The third-order valence-corrected chi connectivity index (χ3v) is 12.6. The second-order valence-electron chi connectivity index (χ2n) is 16.2. The van der Waals surface area contributed by atoms with E-state index in [0.29, 0.717) is 50.5 Å². The van der Waals surface area contributed by atoms with E-state index in [2.05, 4.69) is 39.3 Å². The number of rotatable bonds is 8. The molecule has 4 fully saturated rings. The molecule has 11 nitrogen and oxygen atoms in total. The van der Waals surface area contributed by atoms with E-state index in [1.165, 1.54) is 11.3 Å². The molecule has 4 aliphatic rings. The molecule has 2 atom stereocenters. The van der Waals surface area contributed by atoms with Gasteiger partial charge in [-0.05, 0) is 104 Å². The number of aromatic carboxylic acids is 1. The summed E-state index contributed by atoms with van der Waals surface area (Å²) in [6.07, 6.45) is 9.03. The number of nitroso groups, excluding NO2 is 1. The number of nitrogens with zero attached hydrogens (tertiary/aromatic N) is 6. The molecule has 4 bridgehead atoms. The maximum absolute atomic E-state index is 13.5. The molecule has 4 aromatic heterocycles. The van der Waals surface area contributed by atoms with E-state index in [1.54, 1.807) is 36.7 Å². The first-order valence-electron chi connectivity index (χ1n) is 17.6. The highest BCUT2D eigenvalue weighted by Gasteiger charge is 2.66. The monoisotopic (exact) mass is 711 g/mol. The van der Waals surface area contributed by atoms with Gasteiger partial charge in [0, 0.05) is 46.1 Å². The number of carboxylic acid groups (broad SMARTS) is 1. The minimum atomic E-state index is -1.16. The summed E-state index contributed by atoms with van der Waals surface area (Å²) in [5, 5.41) is 23.0. The van der Waals surface area contributed by atoms with E-state index in [9.17, 15) is 19.6 Å². The Balaban J connectivity index is 1.03. The lowest BCUT2D eigenvalue weighted by atomic mass is 9.38. The normalized spacial score (nSPS) is 26.2. The van der Waals surface area contributed by atoms with Crippen molar-refractivity contribution in [3.8, 4) is 22.4 Å². The number of para-hydroxylation sites is 1. The molecular weight excluding hydrogens is 675 g/mol. The van der Waals surface area contributed by atoms with Gasteiger partial charge in [0.25, 0.3) is 5.91 Å². The highest BCUT2D eigenvalue weighted by molar-refractivity contribution is 7.22. The van der Waals surface area contributed by atoms with Crippen LogP contribution in [0.3, 0.4) is 0 Å². The van der Waals surface area contributed by atoms with Crippen molar-refractivity contribution in [3.05, 3.63) is 94.9 Å². The summed E-state index contributed by atoms with van der Waals surface area (Å²) in [5.41, 5.74) is 4.33. The highest BCUT2D eigenvalue weighted by atomic mass is 32.1. The number of anilines is 1. The van der Waals surface area contributed by atoms with E-state index in [-0.39, 0.29) is 27.8 Å². The van der Waals surface area contributed by atoms with Crippen molar-refractivity contribution in [1.29, 1.82) is 0 Å². The highest BCUT2D eigenvalue weighted by Crippen LogP contribution is 2.72. The lowest BCUT2D eigenvalue weighted by Crippen LogP contribution is -2.62. The van der Waals surface area contributed by atoms with Crippen molar-refractivity contribution in [2.45, 2.75) is 71.4 Å². The number of nitrogens with one attached hydrogen (secondary N) is 1. The van der Waals surface area contributed by atoms with Crippen molar-refractivity contribution < 1.29 is 14.7 Å². The molecule has 6 aromatic rings. The predicted octanol–water partition coefficient (Wildman–Crippen LogP) is 8.91. The number of carbonyl (C=O) groups is 2. The molecule has 0 radical (unpaired) electrons. The first-order chi connectivity index (χ1) is 24.9. The number of amides is 1. The summed E-state index contributed by atoms with van der Waals surface area (Å²) >= 11 is 1.40. The Morgan fingerprint density at radius 3 is 2.42 bits per heavy atom. The van der Waals surface area contributed by atoms with E-state index >= 15 is 0 Å². The summed E-state index contributed by atoms with van der Waals surface area (Å²) in [7, 11) is 0. The molecule has 4 aliphatic carbocycles. The Bertz CT molecular complexity index is 2440. The molecule has 4 heterocycles. The number of carbonyl (C=O) groups excluding carboxylic acids is 1. The standard InChI is InChI=1S/C40H37N7O4S/c1-23-28(15-42-47(23)22-39-17-37(2)16-38(3,18-39)20-40(19-37,21-39)46-51)25-11-12-29(43-33(25)35(49)50)24-13-27-26(7-6-9-30(27)41-14-24)34(48)45-36-44-31-8-4-5-10-32(31)52-36/h4-15H,16-22H2,1-3H3,(H,49,50)(H,44,45,48). The largest absolute Gasteiger partial charge is 0.476 e. The molecule has 2 aromatic carbocycles. The fourth-order valence-electron chi connectivity index (χ4n) is 10.9. The van der Waals surface area contributed by atoms with Gasteiger partial charge < -0.3 is 5.11 Å². The van der Waals surface area contributed by atoms with Crippen LogP contribution in [0.15, 0.2) is 78.2 Å². The van der Waals surface area contributed by atoms with E-state index in [4.69, 9.17) is 5.10 Å². The fraction of sp³-hybridized carbons (Fsp3) is 0.350. The molecule has 4 saturated carbocycles. The Morgan fingerprint density at radius 2 is 1.67 bits per heavy atom. The Hall–Kier alpha value is -5.36. The maximum atomic E-state index is 13.5. The van der Waals surface area contributed by atoms with Gasteiger partial charge in [-0.3, -0.25) is 19.8 Å². The van der Waals surface area contributed by atoms with Gasteiger partial charge in [0.05, 0.1) is 27.6 Å². The van der Waals surface area contributed by atoms with Gasteiger partial charge >= 0.3 is 5.97 Å². The third-order valence-electron chi connectivity index (χ3n) is 11.6. The minimum absolute atomic E-state index is 0.0795. The lowest BCUT2D eigenvalue weighted by Gasteiger charge is -2.67. The van der Waals surface area contributed by atoms with Gasteiger partial charge in [-0.15, -0.1) is 0 Å². The Labute approximate surface area is 303 Å². The summed E-state index contributed by atoms with van der Waals surface area (Å²) in [4.78, 5) is 52.3. The van der Waals surface area contributed by atoms with Crippen molar-refractivity contribution in [2.75, 3.05) is 5.32 Å². The van der Waals surface area contributed by atoms with Crippen LogP contribution in [-0.4, -0.2) is 47.3 Å². The van der Waals surface area contributed by atoms with Crippen LogP contribution < -0.4 is 5.32 Å². The number of pyridine rings is 2. The molecule has 2 unspecified atom stereocenters. The van der Waals surface area contributed by atoms with Gasteiger partial charge in [0.15, 0.2) is 10.8 Å². The number of carboxylic acids is 1. The summed E-state index contributed by atoms with van der Waals surface area (Å²) in [5.74, 6) is -1.48. The van der Waals surface area contributed by atoms with Crippen LogP contribution in [0.2, 0.25) is 0 Å². The number of fused-ring (bicyclic) bond motifs is 2. The average Bonchev–Trinajstić information content (AvgIpc) is 3.67. The summed E-state index contributed by atoms with van der Waals surface area (Å²) in [6.45, 7) is 7.26. The fourth-order valence-corrected chi connectivity index (χ4v) is 11.8. The number of benzene rings is 2. The van der Waals surface area contributed by atoms with Crippen molar-refractivity contribution in [1.82, 2.24) is 24.7 Å². The van der Waals surface area contributed by atoms with E-state index in [1.807, 2.05) is 48.0 Å². The smallest absolute Gasteiger partial charge is 0.355 e. The molecule has 52 heavy (non-hydrogen) atoms. The quantitative estimate of drug-likeness (QED) is 0.149. The van der Waals surface area contributed by atoms with Crippen molar-refractivity contribution >= 4 is 49.5 Å². The Kier molecular flexibility index (Phi) is 7.08. The Morgan fingerprint density at radius 1 is 0.904 bits per heavy atom. The van der Waals surface area contributed by atoms with Crippen LogP contribution in [0.1, 0.15) is 78.9 Å². The molecule has 10 rings (SSSR count).